The lowest BCUT2D eigenvalue weighted by Gasteiger charge is -2.07. The summed E-state index contributed by atoms with van der Waals surface area (Å²) in [5.41, 5.74) is 3.47. The molecule has 4 aromatic rings. The van der Waals surface area contributed by atoms with Crippen molar-refractivity contribution in [2.24, 2.45) is 0 Å². The first-order valence-electron chi connectivity index (χ1n) is 8.04. The molecule has 0 fully saturated rings. The quantitative estimate of drug-likeness (QED) is 0.551. The van der Waals surface area contributed by atoms with Gasteiger partial charge in [0.15, 0.2) is 11.4 Å². The molecule has 0 bridgehead atoms. The van der Waals surface area contributed by atoms with Crippen molar-refractivity contribution in [1.29, 1.82) is 0 Å². The molecule has 3 aromatic heterocycles. The van der Waals surface area contributed by atoms with Crippen LogP contribution in [0.15, 0.2) is 63.7 Å². The summed E-state index contributed by atoms with van der Waals surface area (Å²) in [4.78, 5) is 16.9. The van der Waals surface area contributed by atoms with Crippen LogP contribution in [0.1, 0.15) is 21.7 Å². The second kappa shape index (κ2) is 6.76. The van der Waals surface area contributed by atoms with E-state index in [9.17, 15) is 4.79 Å². The number of amides is 1. The second-order valence-electron chi connectivity index (χ2n) is 5.87. The molecule has 0 radical (unpaired) electrons. The molecule has 0 saturated heterocycles. The Kier molecular flexibility index (Phi) is 4.30. The number of aromatic nitrogens is 3. The summed E-state index contributed by atoms with van der Waals surface area (Å²) in [6, 6.07) is 15.0. The van der Waals surface area contributed by atoms with Crippen LogP contribution in [0.3, 0.4) is 0 Å². The molecule has 4 rings (SSSR count). The van der Waals surface area contributed by atoms with Gasteiger partial charge in [0.2, 0.25) is 0 Å². The van der Waals surface area contributed by atoms with Crippen molar-refractivity contribution >= 4 is 27.5 Å². The van der Waals surface area contributed by atoms with Crippen LogP contribution in [0.5, 0.6) is 0 Å². The number of aryl methyl sites for hydroxylation is 1. The van der Waals surface area contributed by atoms with E-state index in [4.69, 9.17) is 4.42 Å². The fraction of sp³-hybridized carbons (Fsp3) is 0.105. The van der Waals surface area contributed by atoms with Crippen LogP contribution in [-0.4, -0.2) is 20.5 Å². The highest BCUT2D eigenvalue weighted by Gasteiger charge is 2.14. The van der Waals surface area contributed by atoms with Crippen LogP contribution in [0, 0.1) is 6.92 Å². The molecule has 130 valence electrons. The summed E-state index contributed by atoms with van der Waals surface area (Å²) in [6.45, 7) is 2.32. The number of furan rings is 1. The predicted molar refractivity (Wildman–Crippen MR) is 101 cm³/mol. The number of carbonyl (C=O) groups is 1. The fourth-order valence-corrected chi connectivity index (χ4v) is 3.15. The van der Waals surface area contributed by atoms with Gasteiger partial charge in [-0.1, -0.05) is 28.1 Å². The van der Waals surface area contributed by atoms with Crippen molar-refractivity contribution in [3.05, 3.63) is 76.2 Å². The van der Waals surface area contributed by atoms with Crippen LogP contribution in [0.2, 0.25) is 0 Å². The van der Waals surface area contributed by atoms with Gasteiger partial charge < -0.3 is 9.73 Å². The van der Waals surface area contributed by atoms with Crippen molar-refractivity contribution in [3.8, 4) is 11.5 Å². The number of rotatable bonds is 4. The van der Waals surface area contributed by atoms with E-state index in [0.29, 0.717) is 29.3 Å². The smallest absolute Gasteiger partial charge is 0.270 e. The molecule has 0 spiro atoms. The maximum Gasteiger partial charge on any atom is 0.270 e. The highest BCUT2D eigenvalue weighted by atomic mass is 79.9. The van der Waals surface area contributed by atoms with Crippen molar-refractivity contribution < 1.29 is 9.21 Å². The van der Waals surface area contributed by atoms with Gasteiger partial charge in [0.05, 0.1) is 6.26 Å². The summed E-state index contributed by atoms with van der Waals surface area (Å²) in [7, 11) is 0. The van der Waals surface area contributed by atoms with Gasteiger partial charge in [-0.25, -0.2) is 9.50 Å². The number of fused-ring (bicyclic) bond motifs is 1. The number of nitrogens with zero attached hydrogens (tertiary/aromatic N) is 3. The van der Waals surface area contributed by atoms with E-state index in [1.807, 2.05) is 37.3 Å². The molecule has 0 aliphatic carbocycles. The van der Waals surface area contributed by atoms with Crippen LogP contribution in [0.4, 0.5) is 0 Å². The van der Waals surface area contributed by atoms with Crippen LogP contribution < -0.4 is 5.32 Å². The van der Waals surface area contributed by atoms with Crippen molar-refractivity contribution in [2.45, 2.75) is 13.5 Å². The summed E-state index contributed by atoms with van der Waals surface area (Å²) >= 11 is 3.43. The average molecular weight is 411 g/mol. The molecule has 6 nitrogen and oxygen atoms in total. The number of hydrogen-bond donors (Lipinski definition) is 1. The minimum absolute atomic E-state index is 0.226. The van der Waals surface area contributed by atoms with Gasteiger partial charge in [-0.15, -0.1) is 0 Å². The molecular weight excluding hydrogens is 396 g/mol. The summed E-state index contributed by atoms with van der Waals surface area (Å²) in [6.07, 6.45) is 1.60. The molecule has 0 saturated carbocycles. The molecule has 1 N–H and O–H groups in total. The Hall–Kier alpha value is -2.93. The van der Waals surface area contributed by atoms with Gasteiger partial charge in [-0.2, -0.15) is 5.10 Å². The van der Waals surface area contributed by atoms with Crippen molar-refractivity contribution in [2.75, 3.05) is 0 Å². The summed E-state index contributed by atoms with van der Waals surface area (Å²) in [5.74, 6) is 0.437. The number of benzene rings is 1. The zero-order chi connectivity index (χ0) is 18.1. The van der Waals surface area contributed by atoms with Crippen LogP contribution in [0.25, 0.3) is 17.1 Å². The molecule has 1 aromatic carbocycles. The van der Waals surface area contributed by atoms with E-state index in [0.717, 1.165) is 15.7 Å². The molecule has 7 heteroatoms. The van der Waals surface area contributed by atoms with Gasteiger partial charge in [0, 0.05) is 22.8 Å². The molecule has 0 aliphatic rings. The highest BCUT2D eigenvalue weighted by Crippen LogP contribution is 2.20. The Morgan fingerprint density at radius 3 is 2.88 bits per heavy atom. The van der Waals surface area contributed by atoms with E-state index in [-0.39, 0.29) is 5.91 Å². The Bertz CT molecular complexity index is 1090. The van der Waals surface area contributed by atoms with E-state index in [1.165, 1.54) is 0 Å². The molecule has 0 unspecified atom stereocenters. The minimum atomic E-state index is -0.226. The zero-order valence-electron chi connectivity index (χ0n) is 13.9. The lowest BCUT2D eigenvalue weighted by molar-refractivity contribution is 0.0946. The largest absolute Gasteiger partial charge is 0.463 e. The molecule has 0 aliphatic heterocycles. The molecule has 3 heterocycles. The molecular formula is C19H15BrN4O2. The number of halogens is 1. The number of hydrogen-bond acceptors (Lipinski definition) is 4. The summed E-state index contributed by atoms with van der Waals surface area (Å²) in [5, 5.41) is 7.38. The van der Waals surface area contributed by atoms with Crippen LogP contribution >= 0.6 is 15.9 Å². The maximum absolute atomic E-state index is 12.5. The first-order valence-corrected chi connectivity index (χ1v) is 8.83. The van der Waals surface area contributed by atoms with Crippen molar-refractivity contribution in [3.63, 3.8) is 0 Å². The monoisotopic (exact) mass is 410 g/mol. The fourth-order valence-electron chi connectivity index (χ4n) is 2.71. The van der Waals surface area contributed by atoms with Gasteiger partial charge in [0.1, 0.15) is 11.4 Å². The Labute approximate surface area is 158 Å². The number of carbonyl (C=O) groups excluding carboxylic acids is 1. The number of nitrogens with one attached hydrogen (secondary N) is 1. The predicted octanol–water partition coefficient (Wildman–Crippen LogP) is 3.99. The topological polar surface area (TPSA) is 72.4 Å². The van der Waals surface area contributed by atoms with Crippen molar-refractivity contribution in [1.82, 2.24) is 19.9 Å². The molecule has 1 amide bonds. The molecule has 26 heavy (non-hydrogen) atoms. The third kappa shape index (κ3) is 3.25. The second-order valence-corrected chi connectivity index (χ2v) is 6.79. The van der Waals surface area contributed by atoms with Gasteiger partial charge >= 0.3 is 0 Å². The Balaban J connectivity index is 1.59. The highest BCUT2D eigenvalue weighted by molar-refractivity contribution is 9.10. The molecule has 0 atom stereocenters. The lowest BCUT2D eigenvalue weighted by Crippen LogP contribution is -2.24. The first-order chi connectivity index (χ1) is 12.6. The standard InChI is InChI=1S/C19H15BrN4O2/c1-12-8-16(19(25)21-11-13-4-2-5-14(20)9-13)22-18-10-15(23-24(12)18)17-6-3-7-26-17/h2-10H,11H2,1H3,(H,21,25). The van der Waals surface area contributed by atoms with Gasteiger partial charge in [-0.05, 0) is 42.8 Å². The van der Waals surface area contributed by atoms with Gasteiger partial charge in [0.25, 0.3) is 5.91 Å². The van der Waals surface area contributed by atoms with Gasteiger partial charge in [-0.3, -0.25) is 4.79 Å². The average Bonchev–Trinajstić information content (AvgIpc) is 3.29. The third-order valence-electron chi connectivity index (χ3n) is 3.95. The third-order valence-corrected chi connectivity index (χ3v) is 4.45. The normalized spacial score (nSPS) is 11.0. The van der Waals surface area contributed by atoms with Crippen LogP contribution in [-0.2, 0) is 6.54 Å². The first kappa shape index (κ1) is 16.5. The van der Waals surface area contributed by atoms with E-state index in [2.05, 4.69) is 31.3 Å². The Morgan fingerprint density at radius 1 is 1.23 bits per heavy atom. The van der Waals surface area contributed by atoms with E-state index in [1.54, 1.807) is 29.0 Å². The summed E-state index contributed by atoms with van der Waals surface area (Å²) < 4.78 is 8.05. The Morgan fingerprint density at radius 2 is 2.12 bits per heavy atom. The van der Waals surface area contributed by atoms with E-state index >= 15 is 0 Å². The van der Waals surface area contributed by atoms with E-state index < -0.39 is 0 Å². The lowest BCUT2D eigenvalue weighted by atomic mass is 10.2. The zero-order valence-corrected chi connectivity index (χ0v) is 15.5. The SMILES string of the molecule is Cc1cc(C(=O)NCc2cccc(Br)c2)nc2cc(-c3ccco3)nn12. The maximum atomic E-state index is 12.5. The minimum Gasteiger partial charge on any atom is -0.463 e.